The summed E-state index contributed by atoms with van der Waals surface area (Å²) >= 11 is 0. The van der Waals surface area contributed by atoms with Crippen LogP contribution in [-0.2, 0) is 0 Å². The van der Waals surface area contributed by atoms with Gasteiger partial charge in [0.15, 0.2) is 6.29 Å². The Balaban J connectivity index is 2.47. The molecule has 2 aromatic rings. The number of hydrogen-bond donors (Lipinski definition) is 1. The van der Waals surface area contributed by atoms with Crippen LogP contribution in [-0.4, -0.2) is 23.4 Å². The Kier molecular flexibility index (Phi) is 2.72. The fraction of sp³-hybridized carbons (Fsp3) is 0.167. The highest BCUT2D eigenvalue weighted by atomic mass is 16.5. The average Bonchev–Trinajstić information content (AvgIpc) is 2.75. The van der Waals surface area contributed by atoms with Crippen LogP contribution in [0, 0.1) is 6.92 Å². The Hall–Kier alpha value is -2.10. The molecule has 0 aliphatic rings. The van der Waals surface area contributed by atoms with Gasteiger partial charge in [-0.15, -0.1) is 0 Å². The van der Waals surface area contributed by atoms with Gasteiger partial charge in [0, 0.05) is 11.8 Å². The number of carbonyl (C=O) groups is 1. The zero-order valence-corrected chi connectivity index (χ0v) is 9.15. The number of benzene rings is 1. The molecule has 0 amide bonds. The van der Waals surface area contributed by atoms with E-state index in [1.165, 1.54) is 0 Å². The van der Waals surface area contributed by atoms with Gasteiger partial charge in [0.25, 0.3) is 0 Å². The third-order valence-corrected chi connectivity index (χ3v) is 2.36. The van der Waals surface area contributed by atoms with Crippen molar-refractivity contribution in [2.45, 2.75) is 6.92 Å². The number of carbonyl (C=O) groups excluding carboxylic acids is 1. The molecule has 1 aromatic heterocycles. The van der Waals surface area contributed by atoms with Crippen molar-refractivity contribution in [3.63, 3.8) is 0 Å². The smallest absolute Gasteiger partial charge is 0.153 e. The normalized spacial score (nSPS) is 10.1. The summed E-state index contributed by atoms with van der Waals surface area (Å²) in [5, 5.41) is 0. The van der Waals surface area contributed by atoms with E-state index in [1.54, 1.807) is 19.2 Å². The predicted molar refractivity (Wildman–Crippen MR) is 60.7 cm³/mol. The number of hydrogen-bond acceptors (Lipinski definition) is 3. The van der Waals surface area contributed by atoms with E-state index in [2.05, 4.69) is 9.97 Å². The second-order valence-corrected chi connectivity index (χ2v) is 3.45. The van der Waals surface area contributed by atoms with Crippen LogP contribution in [0.4, 0.5) is 0 Å². The number of aldehydes is 1. The lowest BCUT2D eigenvalue weighted by molar-refractivity contribution is 0.112. The zero-order chi connectivity index (χ0) is 11.5. The number of methoxy groups -OCH3 is 1. The average molecular weight is 216 g/mol. The first-order valence-corrected chi connectivity index (χ1v) is 4.90. The lowest BCUT2D eigenvalue weighted by Crippen LogP contribution is -1.91. The van der Waals surface area contributed by atoms with Crippen molar-refractivity contribution >= 4 is 6.29 Å². The standard InChI is InChI=1S/C12H12N2O2/c1-8-13-6-11(14-8)9-3-4-12(16-2)10(5-9)7-15/h3-7H,1-2H3,(H,13,14). The number of H-pyrrole nitrogens is 1. The Morgan fingerprint density at radius 1 is 1.44 bits per heavy atom. The third-order valence-electron chi connectivity index (χ3n) is 2.36. The SMILES string of the molecule is COc1ccc(-c2c[nH]c(C)n2)cc1C=O. The van der Waals surface area contributed by atoms with Crippen LogP contribution in [0.25, 0.3) is 11.3 Å². The van der Waals surface area contributed by atoms with E-state index in [1.807, 2.05) is 19.2 Å². The fourth-order valence-electron chi connectivity index (χ4n) is 1.55. The summed E-state index contributed by atoms with van der Waals surface area (Å²) < 4.78 is 5.07. The second kappa shape index (κ2) is 4.18. The molecule has 0 saturated heterocycles. The van der Waals surface area contributed by atoms with Crippen LogP contribution < -0.4 is 4.74 Å². The molecule has 4 nitrogen and oxygen atoms in total. The van der Waals surface area contributed by atoms with E-state index in [4.69, 9.17) is 4.74 Å². The molecular formula is C12H12N2O2. The van der Waals surface area contributed by atoms with E-state index in [0.717, 1.165) is 23.4 Å². The van der Waals surface area contributed by atoms with Crippen LogP contribution in [0.15, 0.2) is 24.4 Å². The van der Waals surface area contributed by atoms with Crippen molar-refractivity contribution < 1.29 is 9.53 Å². The first kappa shape index (κ1) is 10.4. The number of ether oxygens (including phenoxy) is 1. The maximum absolute atomic E-state index is 10.9. The van der Waals surface area contributed by atoms with Crippen LogP contribution in [0.5, 0.6) is 5.75 Å². The number of imidazole rings is 1. The third kappa shape index (κ3) is 1.82. The Labute approximate surface area is 93.3 Å². The first-order valence-electron chi connectivity index (χ1n) is 4.90. The molecule has 0 atom stereocenters. The second-order valence-electron chi connectivity index (χ2n) is 3.45. The summed E-state index contributed by atoms with van der Waals surface area (Å²) in [6, 6.07) is 5.41. The summed E-state index contributed by atoms with van der Waals surface area (Å²) in [6.45, 7) is 1.88. The summed E-state index contributed by atoms with van der Waals surface area (Å²) in [4.78, 5) is 18.2. The molecule has 0 spiro atoms. The highest BCUT2D eigenvalue weighted by Crippen LogP contribution is 2.24. The number of aryl methyl sites for hydroxylation is 1. The maximum Gasteiger partial charge on any atom is 0.153 e. The molecule has 0 fully saturated rings. The molecule has 1 heterocycles. The molecule has 4 heteroatoms. The monoisotopic (exact) mass is 216 g/mol. The summed E-state index contributed by atoms with van der Waals surface area (Å²) in [6.07, 6.45) is 2.59. The van der Waals surface area contributed by atoms with Gasteiger partial charge in [0.2, 0.25) is 0 Å². The zero-order valence-electron chi connectivity index (χ0n) is 9.15. The Morgan fingerprint density at radius 3 is 2.81 bits per heavy atom. The van der Waals surface area contributed by atoms with E-state index in [-0.39, 0.29) is 0 Å². The number of aromatic amines is 1. The molecule has 0 saturated carbocycles. The minimum absolute atomic E-state index is 0.528. The van der Waals surface area contributed by atoms with Crippen molar-refractivity contribution in [3.05, 3.63) is 35.8 Å². The summed E-state index contributed by atoms with van der Waals surface area (Å²) in [5.41, 5.74) is 2.25. The molecular weight excluding hydrogens is 204 g/mol. The highest BCUT2D eigenvalue weighted by molar-refractivity contribution is 5.82. The van der Waals surface area contributed by atoms with E-state index in [0.29, 0.717) is 11.3 Å². The molecule has 1 N–H and O–H groups in total. The topological polar surface area (TPSA) is 55.0 Å². The molecule has 0 aliphatic carbocycles. The van der Waals surface area contributed by atoms with Gasteiger partial charge in [0.05, 0.1) is 18.4 Å². The molecule has 0 bridgehead atoms. The highest BCUT2D eigenvalue weighted by Gasteiger charge is 2.06. The predicted octanol–water partition coefficient (Wildman–Crippen LogP) is 2.21. The largest absolute Gasteiger partial charge is 0.496 e. The lowest BCUT2D eigenvalue weighted by atomic mass is 10.1. The van der Waals surface area contributed by atoms with Crippen molar-refractivity contribution in [1.29, 1.82) is 0 Å². The van der Waals surface area contributed by atoms with Gasteiger partial charge in [0.1, 0.15) is 11.6 Å². The fourth-order valence-corrected chi connectivity index (χ4v) is 1.55. The number of nitrogens with one attached hydrogen (secondary N) is 1. The van der Waals surface area contributed by atoms with Crippen LogP contribution in [0.2, 0.25) is 0 Å². The van der Waals surface area contributed by atoms with Gasteiger partial charge >= 0.3 is 0 Å². The lowest BCUT2D eigenvalue weighted by Gasteiger charge is -2.04. The molecule has 1 aromatic carbocycles. The van der Waals surface area contributed by atoms with Crippen LogP contribution in [0.1, 0.15) is 16.2 Å². The molecule has 0 radical (unpaired) electrons. The van der Waals surface area contributed by atoms with Crippen LogP contribution in [0.3, 0.4) is 0 Å². The van der Waals surface area contributed by atoms with Gasteiger partial charge < -0.3 is 9.72 Å². The van der Waals surface area contributed by atoms with Crippen molar-refractivity contribution in [2.75, 3.05) is 7.11 Å². The molecule has 82 valence electrons. The number of nitrogens with zero attached hydrogens (tertiary/aromatic N) is 1. The van der Waals surface area contributed by atoms with Gasteiger partial charge in [-0.2, -0.15) is 0 Å². The minimum Gasteiger partial charge on any atom is -0.496 e. The van der Waals surface area contributed by atoms with Crippen LogP contribution >= 0.6 is 0 Å². The van der Waals surface area contributed by atoms with Crippen molar-refractivity contribution in [3.8, 4) is 17.0 Å². The first-order chi connectivity index (χ1) is 7.74. The van der Waals surface area contributed by atoms with Gasteiger partial charge in [-0.1, -0.05) is 0 Å². The van der Waals surface area contributed by atoms with E-state index >= 15 is 0 Å². The van der Waals surface area contributed by atoms with Gasteiger partial charge in [-0.3, -0.25) is 4.79 Å². The van der Waals surface area contributed by atoms with Gasteiger partial charge in [-0.05, 0) is 25.1 Å². The van der Waals surface area contributed by atoms with Crippen molar-refractivity contribution in [1.82, 2.24) is 9.97 Å². The van der Waals surface area contributed by atoms with Gasteiger partial charge in [-0.25, -0.2) is 4.98 Å². The minimum atomic E-state index is 0.528. The summed E-state index contributed by atoms with van der Waals surface area (Å²) in [7, 11) is 1.54. The maximum atomic E-state index is 10.9. The van der Waals surface area contributed by atoms with E-state index in [9.17, 15) is 4.79 Å². The quantitative estimate of drug-likeness (QED) is 0.800. The summed E-state index contributed by atoms with van der Waals surface area (Å²) in [5.74, 6) is 1.42. The Morgan fingerprint density at radius 2 is 2.25 bits per heavy atom. The molecule has 16 heavy (non-hydrogen) atoms. The molecule has 0 unspecified atom stereocenters. The number of aromatic nitrogens is 2. The molecule has 0 aliphatic heterocycles. The van der Waals surface area contributed by atoms with E-state index < -0.39 is 0 Å². The number of rotatable bonds is 3. The van der Waals surface area contributed by atoms with Crippen molar-refractivity contribution in [2.24, 2.45) is 0 Å². The molecule has 2 rings (SSSR count). The Bertz CT molecular complexity index is 517.